The molecule has 0 heteroatoms. The molecule has 0 radical (unpaired) electrons. The third-order valence-corrected chi connectivity index (χ3v) is 18.1. The van der Waals surface area contributed by atoms with Crippen LogP contribution in [0.1, 0.15) is 92.5 Å². The molecule has 0 N–H and O–H groups in total. The third-order valence-electron chi connectivity index (χ3n) is 18.1. The van der Waals surface area contributed by atoms with Gasteiger partial charge in [-0.2, -0.15) is 0 Å². The Balaban J connectivity index is 0.847. The smallest absolute Gasteiger partial charge is 0.0159 e. The first-order valence-corrected chi connectivity index (χ1v) is 26.5. The second-order valence-electron chi connectivity index (χ2n) is 23.0. The maximum Gasteiger partial charge on any atom is 0.0159 e. The molecule has 11 aromatic carbocycles. The molecule has 0 spiro atoms. The normalized spacial score (nSPS) is 15.7. The van der Waals surface area contributed by atoms with E-state index in [1.54, 1.807) is 0 Å². The Labute approximate surface area is 429 Å². The molecular formula is C73H56. The van der Waals surface area contributed by atoms with Gasteiger partial charge in [0, 0.05) is 16.2 Å². The highest BCUT2D eigenvalue weighted by Gasteiger charge is 2.42. The van der Waals surface area contributed by atoms with Crippen molar-refractivity contribution in [1.29, 1.82) is 0 Å². The standard InChI is InChI=1S/C73H56/c1-71(2)61-31-19-18-22-47(61)48-35-32-44(38-62(48)71)69-55-27-14-16-29-57(55)70(58-30-17-15-28-56(58)69)46-34-37-50-60-42-65-59(41-66(60)73(5,6)64(50)40-46)49-36-33-45(39-63(49)72(65,3)4)68-53-25-12-10-23-51(53)67(43-20-8-7-9-21-43)52-24-11-13-26-54(52)68/h7-12,14-25,27-42H,13,26H2,1-6H3. The first-order valence-electron chi connectivity index (χ1n) is 26.5. The maximum atomic E-state index is 2.57. The molecule has 0 unspecified atom stereocenters. The van der Waals surface area contributed by atoms with E-state index in [2.05, 4.69) is 248 Å². The van der Waals surface area contributed by atoms with E-state index in [0.717, 1.165) is 12.8 Å². The first-order chi connectivity index (χ1) is 35.5. The van der Waals surface area contributed by atoms with Crippen molar-refractivity contribution in [2.75, 3.05) is 0 Å². The molecule has 0 aliphatic heterocycles. The lowest BCUT2D eigenvalue weighted by Crippen LogP contribution is -2.17. The van der Waals surface area contributed by atoms with Crippen molar-refractivity contribution in [2.24, 2.45) is 0 Å². The summed E-state index contributed by atoms with van der Waals surface area (Å²) in [4.78, 5) is 0. The van der Waals surface area contributed by atoms with Crippen LogP contribution in [0.2, 0.25) is 0 Å². The van der Waals surface area contributed by atoms with Crippen LogP contribution in [-0.2, 0) is 22.7 Å². The number of hydrogen-bond donors (Lipinski definition) is 0. The molecule has 4 aliphatic carbocycles. The summed E-state index contributed by atoms with van der Waals surface area (Å²) in [7, 11) is 0. The first kappa shape index (κ1) is 42.6. The molecule has 0 amide bonds. The van der Waals surface area contributed by atoms with Crippen molar-refractivity contribution in [1.82, 2.24) is 0 Å². The Morgan fingerprint density at radius 3 is 1.16 bits per heavy atom. The predicted octanol–water partition coefficient (Wildman–Crippen LogP) is 19.7. The second-order valence-corrected chi connectivity index (χ2v) is 23.0. The highest BCUT2D eigenvalue weighted by Crippen LogP contribution is 2.58. The highest BCUT2D eigenvalue weighted by molar-refractivity contribution is 6.22. The number of allylic oxidation sites excluding steroid dienone is 1. The second kappa shape index (κ2) is 15.0. The maximum absolute atomic E-state index is 2.57. The van der Waals surface area contributed by atoms with Gasteiger partial charge in [-0.15, -0.1) is 0 Å². The van der Waals surface area contributed by atoms with Gasteiger partial charge < -0.3 is 0 Å². The Morgan fingerprint density at radius 2 is 0.658 bits per heavy atom. The minimum atomic E-state index is -0.200. The molecule has 0 heterocycles. The van der Waals surface area contributed by atoms with Gasteiger partial charge in [0.25, 0.3) is 0 Å². The fraction of sp³-hybridized carbons (Fsp3) is 0.151. The molecule has 0 saturated carbocycles. The van der Waals surface area contributed by atoms with Crippen LogP contribution in [0, 0.1) is 0 Å². The quantitative estimate of drug-likeness (QED) is 0.154. The number of fused-ring (bicyclic) bond motifs is 13. The lowest BCUT2D eigenvalue weighted by molar-refractivity contribution is 0.652. The van der Waals surface area contributed by atoms with Crippen molar-refractivity contribution < 1.29 is 0 Å². The molecule has 348 valence electrons. The lowest BCUT2D eigenvalue weighted by atomic mass is 9.77. The zero-order valence-electron chi connectivity index (χ0n) is 42.5. The summed E-state index contributed by atoms with van der Waals surface area (Å²) in [6.07, 6.45) is 6.86. The third kappa shape index (κ3) is 5.78. The van der Waals surface area contributed by atoms with Crippen LogP contribution in [-0.4, -0.2) is 0 Å². The van der Waals surface area contributed by atoms with E-state index in [4.69, 9.17) is 0 Å². The van der Waals surface area contributed by atoms with Crippen molar-refractivity contribution in [3.63, 3.8) is 0 Å². The van der Waals surface area contributed by atoms with Crippen LogP contribution in [0.25, 0.3) is 116 Å². The van der Waals surface area contributed by atoms with Crippen LogP contribution >= 0.6 is 0 Å². The van der Waals surface area contributed by atoms with Crippen molar-refractivity contribution in [3.05, 3.63) is 245 Å². The number of benzene rings is 11. The molecule has 0 fully saturated rings. The Kier molecular flexibility index (Phi) is 8.76. The monoisotopic (exact) mass is 932 g/mol. The number of hydrogen-bond acceptors (Lipinski definition) is 0. The minimum Gasteiger partial charge on any atom is -0.0836 e. The van der Waals surface area contributed by atoms with Gasteiger partial charge in [0.1, 0.15) is 0 Å². The molecule has 73 heavy (non-hydrogen) atoms. The van der Waals surface area contributed by atoms with Gasteiger partial charge in [-0.25, -0.2) is 0 Å². The fourth-order valence-corrected chi connectivity index (χ4v) is 14.5. The SMILES string of the molecule is CC1(C)c2ccccc2-c2ccc(-c3c4ccccc4c(-c4ccc5c(c4)C(C)(C)c4cc6c(cc4-5)C(C)(C)c4cc(-c5c7c(c(-c8ccccc8)c8ccccc58)C=CCC7)ccc4-6)c4ccccc34)cc21. The molecule has 15 rings (SSSR count). The molecule has 0 saturated heterocycles. The Morgan fingerprint density at radius 1 is 0.288 bits per heavy atom. The zero-order valence-corrected chi connectivity index (χ0v) is 42.5. The Hall–Kier alpha value is -8.06. The van der Waals surface area contributed by atoms with E-state index in [0.29, 0.717) is 0 Å². The summed E-state index contributed by atoms with van der Waals surface area (Å²) in [5, 5.41) is 7.83. The fourth-order valence-electron chi connectivity index (χ4n) is 14.5. The van der Waals surface area contributed by atoms with Gasteiger partial charge in [-0.3, -0.25) is 0 Å². The van der Waals surface area contributed by atoms with Gasteiger partial charge in [-0.1, -0.05) is 217 Å². The lowest BCUT2D eigenvalue weighted by Gasteiger charge is -2.26. The van der Waals surface area contributed by atoms with Crippen LogP contribution < -0.4 is 0 Å². The van der Waals surface area contributed by atoms with E-state index in [9.17, 15) is 0 Å². The number of rotatable bonds is 4. The average Bonchev–Trinajstić information content (AvgIpc) is 3.90. The van der Waals surface area contributed by atoms with Crippen molar-refractivity contribution in [3.8, 4) is 77.9 Å². The molecule has 4 aliphatic rings. The summed E-state index contributed by atoms with van der Waals surface area (Å²) in [6.45, 7) is 14.6. The highest BCUT2D eigenvalue weighted by atomic mass is 14.5. The van der Waals surface area contributed by atoms with Gasteiger partial charge >= 0.3 is 0 Å². The van der Waals surface area contributed by atoms with Gasteiger partial charge in [-0.05, 0) is 198 Å². The molecule has 0 aromatic heterocycles. The molecule has 11 aromatic rings. The van der Waals surface area contributed by atoms with E-state index in [1.807, 2.05) is 0 Å². The van der Waals surface area contributed by atoms with Gasteiger partial charge in [0.15, 0.2) is 0 Å². The summed E-state index contributed by atoms with van der Waals surface area (Å²) in [5.41, 5.74) is 29.6. The molecule has 0 nitrogen and oxygen atoms in total. The predicted molar refractivity (Wildman–Crippen MR) is 311 cm³/mol. The zero-order chi connectivity index (χ0) is 49.1. The van der Waals surface area contributed by atoms with Crippen LogP contribution in [0.15, 0.2) is 200 Å². The molecular weight excluding hydrogens is 877 g/mol. The summed E-state index contributed by atoms with van der Waals surface area (Å²) in [6, 6.07) is 74.6. The van der Waals surface area contributed by atoms with Gasteiger partial charge in [0.2, 0.25) is 0 Å². The van der Waals surface area contributed by atoms with Crippen molar-refractivity contribution >= 4 is 38.4 Å². The van der Waals surface area contributed by atoms with Crippen LogP contribution in [0.4, 0.5) is 0 Å². The summed E-state index contributed by atoms with van der Waals surface area (Å²) < 4.78 is 0. The summed E-state index contributed by atoms with van der Waals surface area (Å²) >= 11 is 0. The summed E-state index contributed by atoms with van der Waals surface area (Å²) in [5.74, 6) is 0. The largest absolute Gasteiger partial charge is 0.0836 e. The minimum absolute atomic E-state index is 0.0743. The van der Waals surface area contributed by atoms with Crippen molar-refractivity contribution in [2.45, 2.75) is 70.6 Å². The molecule has 0 bridgehead atoms. The average molecular weight is 933 g/mol. The topological polar surface area (TPSA) is 0 Å². The van der Waals surface area contributed by atoms with E-state index >= 15 is 0 Å². The van der Waals surface area contributed by atoms with E-state index in [1.165, 1.54) is 155 Å². The van der Waals surface area contributed by atoms with E-state index < -0.39 is 0 Å². The van der Waals surface area contributed by atoms with Gasteiger partial charge in [0.05, 0.1) is 0 Å². The molecule has 0 atom stereocenters. The van der Waals surface area contributed by atoms with Crippen LogP contribution in [0.3, 0.4) is 0 Å². The van der Waals surface area contributed by atoms with Crippen LogP contribution in [0.5, 0.6) is 0 Å². The van der Waals surface area contributed by atoms with E-state index in [-0.39, 0.29) is 16.2 Å². The Bertz CT molecular complexity index is 4210.